The van der Waals surface area contributed by atoms with Crippen LogP contribution in [-0.2, 0) is 23.9 Å². The van der Waals surface area contributed by atoms with E-state index in [0.717, 1.165) is 5.56 Å². The largest absolute Gasteiger partial charge is 0.325 e. The van der Waals surface area contributed by atoms with Crippen LogP contribution < -0.4 is 5.32 Å². The van der Waals surface area contributed by atoms with Crippen LogP contribution in [0.3, 0.4) is 0 Å². The van der Waals surface area contributed by atoms with Gasteiger partial charge in [0.2, 0.25) is 0 Å². The number of benzene rings is 1. The Morgan fingerprint density at radius 3 is 2.57 bits per heavy atom. The van der Waals surface area contributed by atoms with E-state index in [2.05, 4.69) is 10.4 Å². The van der Waals surface area contributed by atoms with Crippen molar-refractivity contribution >= 4 is 11.9 Å². The van der Waals surface area contributed by atoms with Gasteiger partial charge in [-0.25, -0.2) is 4.79 Å². The molecule has 0 saturated carbocycles. The van der Waals surface area contributed by atoms with Crippen LogP contribution in [-0.4, -0.2) is 26.6 Å². The predicted molar refractivity (Wildman–Crippen MR) is 76.1 cm³/mol. The lowest BCUT2D eigenvalue weighted by Gasteiger charge is -2.20. The van der Waals surface area contributed by atoms with Gasteiger partial charge in [0.05, 0.1) is 12.7 Å². The van der Waals surface area contributed by atoms with Crippen LogP contribution >= 0.6 is 0 Å². The van der Waals surface area contributed by atoms with E-state index in [1.165, 1.54) is 4.90 Å². The van der Waals surface area contributed by atoms with E-state index >= 15 is 0 Å². The third kappa shape index (κ3) is 2.18. The molecule has 21 heavy (non-hydrogen) atoms. The molecule has 1 aliphatic heterocycles. The summed E-state index contributed by atoms with van der Waals surface area (Å²) >= 11 is 0. The summed E-state index contributed by atoms with van der Waals surface area (Å²) in [6.07, 6.45) is 3.34. The average molecular weight is 284 g/mol. The number of imide groups is 1. The summed E-state index contributed by atoms with van der Waals surface area (Å²) in [7, 11) is 1.77. The van der Waals surface area contributed by atoms with Crippen LogP contribution in [0.25, 0.3) is 0 Å². The van der Waals surface area contributed by atoms with Crippen LogP contribution in [0.1, 0.15) is 18.1 Å². The third-order valence-electron chi connectivity index (χ3n) is 3.74. The number of hydrogen-bond acceptors (Lipinski definition) is 3. The standard InChI is InChI=1S/C15H16N4O2/c1-15(12-8-16-18(2)10-12)13(20)19(14(21)17-15)9-11-6-4-3-5-7-11/h3-8,10H,9H2,1-2H3,(H,17,21). The fourth-order valence-corrected chi connectivity index (χ4v) is 2.48. The molecule has 1 aromatic heterocycles. The molecule has 1 fully saturated rings. The lowest BCUT2D eigenvalue weighted by atomic mass is 9.95. The van der Waals surface area contributed by atoms with Gasteiger partial charge in [-0.2, -0.15) is 5.10 Å². The van der Waals surface area contributed by atoms with E-state index in [-0.39, 0.29) is 18.5 Å². The average Bonchev–Trinajstić information content (AvgIpc) is 2.99. The van der Waals surface area contributed by atoms with Gasteiger partial charge in [-0.3, -0.25) is 14.4 Å². The maximum atomic E-state index is 12.7. The Balaban J connectivity index is 1.88. The van der Waals surface area contributed by atoms with Crippen LogP contribution in [0.2, 0.25) is 0 Å². The van der Waals surface area contributed by atoms with Crippen LogP contribution in [0.4, 0.5) is 4.79 Å². The molecule has 1 aromatic carbocycles. The predicted octanol–water partition coefficient (Wildman–Crippen LogP) is 1.39. The first-order chi connectivity index (χ1) is 10.0. The first kappa shape index (κ1) is 13.4. The molecule has 1 atom stereocenters. The molecule has 0 spiro atoms. The van der Waals surface area contributed by atoms with Gasteiger partial charge in [0.25, 0.3) is 5.91 Å². The highest BCUT2D eigenvalue weighted by Crippen LogP contribution is 2.29. The quantitative estimate of drug-likeness (QED) is 0.866. The number of aromatic nitrogens is 2. The SMILES string of the molecule is Cn1cc(C2(C)NC(=O)N(Cc3ccccc3)C2=O)cn1. The molecule has 1 N–H and O–H groups in total. The second kappa shape index (κ2) is 4.73. The number of nitrogens with zero attached hydrogens (tertiary/aromatic N) is 3. The third-order valence-corrected chi connectivity index (χ3v) is 3.74. The maximum absolute atomic E-state index is 12.7. The van der Waals surface area contributed by atoms with Gasteiger partial charge < -0.3 is 5.32 Å². The van der Waals surface area contributed by atoms with Crippen molar-refractivity contribution in [3.8, 4) is 0 Å². The molecule has 0 bridgehead atoms. The molecule has 3 rings (SSSR count). The highest BCUT2D eigenvalue weighted by Gasteiger charge is 2.49. The highest BCUT2D eigenvalue weighted by molar-refractivity contribution is 6.07. The Hall–Kier alpha value is -2.63. The first-order valence-electron chi connectivity index (χ1n) is 6.68. The number of aryl methyl sites for hydroxylation is 1. The molecule has 1 unspecified atom stereocenters. The van der Waals surface area contributed by atoms with E-state index in [1.54, 1.807) is 31.0 Å². The minimum absolute atomic E-state index is 0.260. The molecule has 108 valence electrons. The van der Waals surface area contributed by atoms with Gasteiger partial charge in [0, 0.05) is 18.8 Å². The summed E-state index contributed by atoms with van der Waals surface area (Å²) in [5.74, 6) is -0.260. The lowest BCUT2D eigenvalue weighted by molar-refractivity contribution is -0.131. The number of rotatable bonds is 3. The summed E-state index contributed by atoms with van der Waals surface area (Å²) in [6.45, 7) is 1.97. The van der Waals surface area contributed by atoms with Crippen molar-refractivity contribution in [2.75, 3.05) is 0 Å². The minimum Gasteiger partial charge on any atom is -0.319 e. The Kier molecular flexibility index (Phi) is 3.01. The Labute approximate surface area is 122 Å². The number of amides is 3. The van der Waals surface area contributed by atoms with Gasteiger partial charge in [-0.05, 0) is 12.5 Å². The molecular weight excluding hydrogens is 268 g/mol. The van der Waals surface area contributed by atoms with Gasteiger partial charge in [0.1, 0.15) is 5.54 Å². The van der Waals surface area contributed by atoms with Crippen molar-refractivity contribution in [1.29, 1.82) is 0 Å². The summed E-state index contributed by atoms with van der Waals surface area (Å²) in [5.41, 5.74) is 0.537. The number of carbonyl (C=O) groups excluding carboxylic acids is 2. The van der Waals surface area contributed by atoms with Crippen molar-refractivity contribution in [2.45, 2.75) is 19.0 Å². The molecule has 0 aliphatic carbocycles. The molecule has 0 radical (unpaired) electrons. The van der Waals surface area contributed by atoms with Gasteiger partial charge >= 0.3 is 6.03 Å². The molecule has 2 aromatic rings. The number of nitrogens with one attached hydrogen (secondary N) is 1. The summed E-state index contributed by atoms with van der Waals surface area (Å²) < 4.78 is 1.61. The lowest BCUT2D eigenvalue weighted by Crippen LogP contribution is -2.40. The number of hydrogen-bond donors (Lipinski definition) is 1. The Bertz CT molecular complexity index is 695. The molecular formula is C15H16N4O2. The van der Waals surface area contributed by atoms with Crippen LogP contribution in [0.5, 0.6) is 0 Å². The topological polar surface area (TPSA) is 67.2 Å². The second-order valence-corrected chi connectivity index (χ2v) is 5.33. The van der Waals surface area contributed by atoms with Crippen molar-refractivity contribution < 1.29 is 9.59 Å². The molecule has 1 saturated heterocycles. The van der Waals surface area contributed by atoms with Gasteiger partial charge in [-0.1, -0.05) is 30.3 Å². The molecule has 2 heterocycles. The van der Waals surface area contributed by atoms with Crippen LogP contribution in [0, 0.1) is 0 Å². The van der Waals surface area contributed by atoms with Crippen molar-refractivity contribution in [3.63, 3.8) is 0 Å². The smallest absolute Gasteiger partial charge is 0.319 e. The van der Waals surface area contributed by atoms with E-state index in [0.29, 0.717) is 5.56 Å². The fourth-order valence-electron chi connectivity index (χ4n) is 2.48. The second-order valence-electron chi connectivity index (χ2n) is 5.33. The summed E-state index contributed by atoms with van der Waals surface area (Å²) in [4.78, 5) is 26.0. The Morgan fingerprint density at radius 2 is 1.95 bits per heavy atom. The zero-order valence-corrected chi connectivity index (χ0v) is 11.9. The normalized spacial score (nSPS) is 21.7. The Morgan fingerprint density at radius 1 is 1.24 bits per heavy atom. The molecule has 6 nitrogen and oxygen atoms in total. The van der Waals surface area contributed by atoms with E-state index < -0.39 is 5.54 Å². The first-order valence-corrected chi connectivity index (χ1v) is 6.68. The van der Waals surface area contributed by atoms with Crippen LogP contribution in [0.15, 0.2) is 42.7 Å². The monoisotopic (exact) mass is 284 g/mol. The van der Waals surface area contributed by atoms with Crippen molar-refractivity contribution in [1.82, 2.24) is 20.0 Å². The highest BCUT2D eigenvalue weighted by atomic mass is 16.2. The molecule has 1 aliphatic rings. The zero-order valence-electron chi connectivity index (χ0n) is 11.9. The van der Waals surface area contributed by atoms with E-state index in [1.807, 2.05) is 30.3 Å². The number of carbonyl (C=O) groups is 2. The van der Waals surface area contributed by atoms with E-state index in [9.17, 15) is 9.59 Å². The van der Waals surface area contributed by atoms with Crippen molar-refractivity contribution in [2.24, 2.45) is 7.05 Å². The van der Waals surface area contributed by atoms with Gasteiger partial charge in [-0.15, -0.1) is 0 Å². The molecule has 6 heteroatoms. The molecule has 3 amide bonds. The maximum Gasteiger partial charge on any atom is 0.325 e. The fraction of sp³-hybridized carbons (Fsp3) is 0.267. The van der Waals surface area contributed by atoms with E-state index in [4.69, 9.17) is 0 Å². The zero-order chi connectivity index (χ0) is 15.0. The van der Waals surface area contributed by atoms with Crippen molar-refractivity contribution in [3.05, 3.63) is 53.9 Å². The number of urea groups is 1. The summed E-state index contributed by atoms with van der Waals surface area (Å²) in [6, 6.07) is 9.06. The van der Waals surface area contributed by atoms with Gasteiger partial charge in [0.15, 0.2) is 0 Å². The summed E-state index contributed by atoms with van der Waals surface area (Å²) in [5, 5.41) is 6.83. The minimum atomic E-state index is -1.06.